The number of halogens is 1. The first-order chi connectivity index (χ1) is 22.8. The molecule has 234 valence electrons. The second-order valence-corrected chi connectivity index (χ2v) is 13.7. The fourth-order valence-electron chi connectivity index (χ4n) is 6.77. The molecule has 0 unspecified atom stereocenters. The summed E-state index contributed by atoms with van der Waals surface area (Å²) in [7, 11) is -3.98. The van der Waals surface area contributed by atoms with E-state index in [0.29, 0.717) is 17.0 Å². The summed E-state index contributed by atoms with van der Waals surface area (Å²) < 4.78 is 51.3. The Morgan fingerprint density at radius 3 is 2.13 bits per heavy atom. The molecule has 1 N–H and O–H groups in total. The zero-order valence-corrected chi connectivity index (χ0v) is 26.4. The molecule has 7 rings (SSSR count). The smallest absolute Gasteiger partial charge is 0.315 e. The van der Waals surface area contributed by atoms with Crippen molar-refractivity contribution in [2.24, 2.45) is 5.92 Å². The molecule has 0 saturated heterocycles. The molecule has 1 aliphatic carbocycles. The summed E-state index contributed by atoms with van der Waals surface area (Å²) >= 11 is 0. The van der Waals surface area contributed by atoms with Crippen LogP contribution in [-0.2, 0) is 19.6 Å². The fourth-order valence-corrected chi connectivity index (χ4v) is 7.86. The fraction of sp³-hybridized carbons (Fsp3) is 0.125. The van der Waals surface area contributed by atoms with Gasteiger partial charge in [-0.15, -0.1) is 0 Å². The van der Waals surface area contributed by atoms with Gasteiger partial charge in [-0.2, -0.15) is 0 Å². The number of hydrogen-bond acceptors (Lipinski definition) is 4. The largest absolute Gasteiger partial charge is 0.426 e. The molecule has 0 bridgehead atoms. The Hall–Kier alpha value is -5.27. The lowest BCUT2D eigenvalue weighted by molar-refractivity contribution is -0.143. The van der Waals surface area contributed by atoms with Gasteiger partial charge in [0, 0.05) is 23.3 Å². The van der Waals surface area contributed by atoms with Crippen molar-refractivity contribution in [3.05, 3.63) is 185 Å². The minimum Gasteiger partial charge on any atom is -0.426 e. The number of sulfonamides is 1. The standard InChI is InChI=1S/C40H32FNO4S/c1-26-17-20-31(21-18-26)47(44,45)42-36(28-13-7-3-8-14-28)24-33(27-11-5-2-6-12-27)38-32-22-19-30(41)23-34(32)35-25-37(46-40(43)39(35)38)29-15-9-4-10-16-29/h2-25,33,35,38-39,42H,1H3/b36-24-/t33-,35-,38+,39-/m1/s1. The van der Waals surface area contributed by atoms with Gasteiger partial charge in [-0.3, -0.25) is 9.52 Å². The first-order valence-corrected chi connectivity index (χ1v) is 17.0. The summed E-state index contributed by atoms with van der Waals surface area (Å²) in [6, 6.07) is 39.7. The number of allylic oxidation sites excluding steroid dienone is 2. The number of ether oxygens (including phenoxy) is 1. The summed E-state index contributed by atoms with van der Waals surface area (Å²) in [6.07, 6.45) is 3.81. The average molecular weight is 642 g/mol. The molecule has 5 aromatic rings. The summed E-state index contributed by atoms with van der Waals surface area (Å²) in [4.78, 5) is 14.2. The lowest BCUT2D eigenvalue weighted by Gasteiger charge is -2.32. The average Bonchev–Trinajstić information content (AvgIpc) is 3.41. The van der Waals surface area contributed by atoms with Gasteiger partial charge in [-0.1, -0.05) is 121 Å². The van der Waals surface area contributed by atoms with Crippen molar-refractivity contribution >= 4 is 27.4 Å². The van der Waals surface area contributed by atoms with Crippen molar-refractivity contribution in [1.82, 2.24) is 4.72 Å². The molecular weight excluding hydrogens is 610 g/mol. The van der Waals surface area contributed by atoms with Gasteiger partial charge >= 0.3 is 5.97 Å². The Morgan fingerprint density at radius 1 is 0.809 bits per heavy atom. The van der Waals surface area contributed by atoms with Gasteiger partial charge < -0.3 is 4.74 Å². The monoisotopic (exact) mass is 641 g/mol. The highest BCUT2D eigenvalue weighted by Crippen LogP contribution is 2.57. The summed E-state index contributed by atoms with van der Waals surface area (Å²) in [5, 5.41) is 0. The molecule has 7 heteroatoms. The minimum atomic E-state index is -3.98. The maximum Gasteiger partial charge on any atom is 0.315 e. The predicted octanol–water partition coefficient (Wildman–Crippen LogP) is 8.33. The Bertz CT molecular complexity index is 2090. The van der Waals surface area contributed by atoms with Crippen LogP contribution < -0.4 is 4.72 Å². The number of fused-ring (bicyclic) bond motifs is 3. The maximum atomic E-state index is 14.9. The van der Waals surface area contributed by atoms with Crippen LogP contribution in [0, 0.1) is 18.7 Å². The lowest BCUT2D eigenvalue weighted by atomic mass is 9.74. The summed E-state index contributed by atoms with van der Waals surface area (Å²) in [5.74, 6) is -2.45. The Morgan fingerprint density at radius 2 is 1.45 bits per heavy atom. The third-order valence-corrected chi connectivity index (χ3v) is 10.4. The number of cyclic esters (lactones) is 1. The summed E-state index contributed by atoms with van der Waals surface area (Å²) in [6.45, 7) is 1.90. The van der Waals surface area contributed by atoms with Crippen molar-refractivity contribution < 1.29 is 22.3 Å². The van der Waals surface area contributed by atoms with E-state index < -0.39 is 39.7 Å². The highest BCUT2D eigenvalue weighted by Gasteiger charge is 2.50. The number of aryl methyl sites for hydroxylation is 1. The van der Waals surface area contributed by atoms with Crippen molar-refractivity contribution in [2.75, 3.05) is 0 Å². The van der Waals surface area contributed by atoms with Crippen LogP contribution in [0.15, 0.2) is 151 Å². The molecule has 5 nitrogen and oxygen atoms in total. The zero-order chi connectivity index (χ0) is 32.5. The summed E-state index contributed by atoms with van der Waals surface area (Å²) in [5.41, 5.74) is 5.16. The minimum absolute atomic E-state index is 0.136. The molecule has 1 heterocycles. The van der Waals surface area contributed by atoms with E-state index in [1.54, 1.807) is 30.3 Å². The Kier molecular flexibility index (Phi) is 8.08. The predicted molar refractivity (Wildman–Crippen MR) is 181 cm³/mol. The molecule has 5 aromatic carbocycles. The maximum absolute atomic E-state index is 14.9. The Balaban J connectivity index is 1.40. The van der Waals surface area contributed by atoms with Crippen molar-refractivity contribution in [3.63, 3.8) is 0 Å². The number of nitrogens with one attached hydrogen (secondary N) is 1. The normalized spacial score (nSPS) is 19.6. The number of carbonyl (C=O) groups is 1. The van der Waals surface area contributed by atoms with Gasteiger partial charge in [0.05, 0.1) is 16.5 Å². The highest BCUT2D eigenvalue weighted by atomic mass is 32.2. The van der Waals surface area contributed by atoms with E-state index in [1.165, 1.54) is 12.1 Å². The van der Waals surface area contributed by atoms with Crippen LogP contribution in [0.3, 0.4) is 0 Å². The number of benzene rings is 5. The molecule has 2 aliphatic rings. The number of hydrogen-bond donors (Lipinski definition) is 1. The Labute approximate surface area is 274 Å². The van der Waals surface area contributed by atoms with Crippen LogP contribution in [-0.4, -0.2) is 14.4 Å². The van der Waals surface area contributed by atoms with Crippen LogP contribution in [0.25, 0.3) is 11.5 Å². The lowest BCUT2D eigenvalue weighted by Crippen LogP contribution is -2.30. The topological polar surface area (TPSA) is 72.5 Å². The molecule has 0 radical (unpaired) electrons. The highest BCUT2D eigenvalue weighted by molar-refractivity contribution is 7.89. The molecule has 1 aliphatic heterocycles. The third kappa shape index (κ3) is 6.02. The quantitative estimate of drug-likeness (QED) is 0.173. The van der Waals surface area contributed by atoms with Gasteiger partial charge in [-0.25, -0.2) is 12.8 Å². The van der Waals surface area contributed by atoms with Crippen LogP contribution in [0.5, 0.6) is 0 Å². The van der Waals surface area contributed by atoms with Gasteiger partial charge in [0.1, 0.15) is 11.6 Å². The molecular formula is C40H32FNO4S. The van der Waals surface area contributed by atoms with Crippen molar-refractivity contribution in [3.8, 4) is 0 Å². The molecule has 47 heavy (non-hydrogen) atoms. The van der Waals surface area contributed by atoms with Gasteiger partial charge in [0.15, 0.2) is 0 Å². The first kappa shape index (κ1) is 30.4. The van der Waals surface area contributed by atoms with E-state index in [9.17, 15) is 17.6 Å². The third-order valence-electron chi connectivity index (χ3n) is 8.99. The molecule has 0 spiro atoms. The van der Waals surface area contributed by atoms with Crippen molar-refractivity contribution in [1.29, 1.82) is 0 Å². The van der Waals surface area contributed by atoms with E-state index in [1.807, 2.05) is 110 Å². The molecule has 0 aromatic heterocycles. The SMILES string of the molecule is Cc1ccc(S(=O)(=O)N/C(=C\[C@H](c2ccccc2)[C@@H]2c3ccc(F)cc3[C@H]3C=C(c4ccccc4)OC(=O)[C@@H]23)c2ccccc2)cc1. The van der Waals surface area contributed by atoms with Gasteiger partial charge in [0.2, 0.25) is 0 Å². The van der Waals surface area contributed by atoms with E-state index in [2.05, 4.69) is 4.72 Å². The van der Waals surface area contributed by atoms with Crippen LogP contribution in [0.1, 0.15) is 51.1 Å². The van der Waals surface area contributed by atoms with E-state index >= 15 is 0 Å². The number of rotatable bonds is 8. The second-order valence-electron chi connectivity index (χ2n) is 12.0. The molecule has 4 atom stereocenters. The number of carbonyl (C=O) groups excluding carboxylic acids is 1. The number of esters is 1. The van der Waals surface area contributed by atoms with E-state index in [4.69, 9.17) is 4.74 Å². The van der Waals surface area contributed by atoms with E-state index in [-0.39, 0.29) is 10.7 Å². The van der Waals surface area contributed by atoms with Crippen LogP contribution in [0.2, 0.25) is 0 Å². The second kappa shape index (κ2) is 12.5. The molecule has 0 fully saturated rings. The molecule has 0 saturated carbocycles. The van der Waals surface area contributed by atoms with Gasteiger partial charge in [0.25, 0.3) is 10.0 Å². The van der Waals surface area contributed by atoms with Crippen molar-refractivity contribution in [2.45, 2.75) is 29.6 Å². The first-order valence-electron chi connectivity index (χ1n) is 15.5. The van der Waals surface area contributed by atoms with Crippen LogP contribution in [0.4, 0.5) is 4.39 Å². The van der Waals surface area contributed by atoms with E-state index in [0.717, 1.165) is 27.8 Å². The zero-order valence-electron chi connectivity index (χ0n) is 25.6. The van der Waals surface area contributed by atoms with Crippen LogP contribution >= 0.6 is 0 Å². The molecule has 0 amide bonds. The van der Waals surface area contributed by atoms with Gasteiger partial charge in [-0.05, 0) is 59.5 Å².